The van der Waals surface area contributed by atoms with E-state index in [-0.39, 0.29) is 17.9 Å². The van der Waals surface area contributed by atoms with Gasteiger partial charge in [0.15, 0.2) is 0 Å². The van der Waals surface area contributed by atoms with Gasteiger partial charge in [-0.1, -0.05) is 13.8 Å². The Bertz CT molecular complexity index is 258. The van der Waals surface area contributed by atoms with Gasteiger partial charge in [0, 0.05) is 28.3 Å². The zero-order valence-corrected chi connectivity index (χ0v) is 11.0. The van der Waals surface area contributed by atoms with E-state index in [1.54, 1.807) is 0 Å². The summed E-state index contributed by atoms with van der Waals surface area (Å²) >= 11 is 0. The molecule has 0 aromatic heterocycles. The Morgan fingerprint density at radius 2 is 1.94 bits per heavy atom. The lowest BCUT2D eigenvalue weighted by molar-refractivity contribution is -0.144. The predicted octanol–water partition coefficient (Wildman–Crippen LogP) is 0.685. The summed E-state index contributed by atoms with van der Waals surface area (Å²) in [7, 11) is 0.757. The van der Waals surface area contributed by atoms with Crippen molar-refractivity contribution in [3.05, 3.63) is 0 Å². The molecule has 1 atom stereocenters. The number of carbonyl (C=O) groups excluding carboxylic acids is 1. The van der Waals surface area contributed by atoms with Crippen LogP contribution in [-0.4, -0.2) is 40.9 Å². The Morgan fingerprint density at radius 1 is 1.38 bits per heavy atom. The number of methoxy groups -OCH3 is 1. The van der Waals surface area contributed by atoms with Gasteiger partial charge in [0.25, 0.3) is 0 Å². The Kier molecular flexibility index (Phi) is 5.41. The number of carbonyl (C=O) groups is 1. The van der Waals surface area contributed by atoms with Gasteiger partial charge in [-0.25, -0.2) is 0 Å². The molecular formula is C11H21NO3S. The van der Waals surface area contributed by atoms with Gasteiger partial charge >= 0.3 is 5.97 Å². The minimum absolute atomic E-state index is 0.207. The minimum atomic E-state index is -0.655. The lowest BCUT2D eigenvalue weighted by Crippen LogP contribution is -2.49. The molecule has 0 saturated carbocycles. The SMILES string of the molecule is COC(=O)[C@@H](NC1CCS(=O)CC1)C(C)C. The first-order chi connectivity index (χ1) is 7.54. The molecule has 0 spiro atoms. The van der Waals surface area contributed by atoms with Gasteiger partial charge in [0.2, 0.25) is 0 Å². The van der Waals surface area contributed by atoms with E-state index in [1.807, 2.05) is 13.8 Å². The van der Waals surface area contributed by atoms with Gasteiger partial charge in [-0.3, -0.25) is 9.00 Å². The van der Waals surface area contributed by atoms with Crippen molar-refractivity contribution in [1.29, 1.82) is 0 Å². The van der Waals surface area contributed by atoms with Crippen LogP contribution in [0.3, 0.4) is 0 Å². The molecule has 1 aliphatic heterocycles. The van der Waals surface area contributed by atoms with Crippen molar-refractivity contribution in [2.75, 3.05) is 18.6 Å². The summed E-state index contributed by atoms with van der Waals surface area (Å²) in [6.07, 6.45) is 1.76. The first-order valence-electron chi connectivity index (χ1n) is 5.73. The van der Waals surface area contributed by atoms with Crippen molar-refractivity contribution in [2.24, 2.45) is 5.92 Å². The minimum Gasteiger partial charge on any atom is -0.468 e. The molecular weight excluding hydrogens is 226 g/mol. The summed E-state index contributed by atoms with van der Waals surface area (Å²) in [5.41, 5.74) is 0. The van der Waals surface area contributed by atoms with Crippen LogP contribution >= 0.6 is 0 Å². The largest absolute Gasteiger partial charge is 0.468 e. The van der Waals surface area contributed by atoms with E-state index in [4.69, 9.17) is 4.74 Å². The lowest BCUT2D eigenvalue weighted by atomic mass is 10.0. The molecule has 1 fully saturated rings. The maximum atomic E-state index is 11.5. The molecule has 0 aromatic carbocycles. The quantitative estimate of drug-likeness (QED) is 0.742. The van der Waals surface area contributed by atoms with E-state index in [1.165, 1.54) is 7.11 Å². The van der Waals surface area contributed by atoms with Crippen molar-refractivity contribution < 1.29 is 13.7 Å². The van der Waals surface area contributed by atoms with Crippen molar-refractivity contribution in [3.63, 3.8) is 0 Å². The molecule has 1 heterocycles. The molecule has 1 saturated heterocycles. The Hall–Kier alpha value is -0.420. The monoisotopic (exact) mass is 247 g/mol. The molecule has 5 heteroatoms. The van der Waals surface area contributed by atoms with Gasteiger partial charge in [-0.2, -0.15) is 0 Å². The first-order valence-corrected chi connectivity index (χ1v) is 7.22. The van der Waals surface area contributed by atoms with Crippen LogP contribution in [0.15, 0.2) is 0 Å². The lowest BCUT2D eigenvalue weighted by Gasteiger charge is -2.28. The van der Waals surface area contributed by atoms with Crippen LogP contribution in [-0.2, 0) is 20.3 Å². The second kappa shape index (κ2) is 6.35. The predicted molar refractivity (Wildman–Crippen MR) is 64.7 cm³/mol. The molecule has 0 amide bonds. The average molecular weight is 247 g/mol. The van der Waals surface area contributed by atoms with Crippen LogP contribution in [0.4, 0.5) is 0 Å². The highest BCUT2D eigenvalue weighted by Crippen LogP contribution is 2.13. The van der Waals surface area contributed by atoms with Crippen LogP contribution in [0, 0.1) is 5.92 Å². The van der Waals surface area contributed by atoms with Gasteiger partial charge < -0.3 is 10.1 Å². The van der Waals surface area contributed by atoms with Crippen LogP contribution in [0.2, 0.25) is 0 Å². The topological polar surface area (TPSA) is 55.4 Å². The van der Waals surface area contributed by atoms with E-state index < -0.39 is 10.8 Å². The molecule has 94 valence electrons. The highest BCUT2D eigenvalue weighted by molar-refractivity contribution is 7.85. The molecule has 0 bridgehead atoms. The molecule has 1 N–H and O–H groups in total. The van der Waals surface area contributed by atoms with Crippen molar-refractivity contribution in [3.8, 4) is 0 Å². The molecule has 4 nitrogen and oxygen atoms in total. The Morgan fingerprint density at radius 3 is 2.38 bits per heavy atom. The zero-order chi connectivity index (χ0) is 12.1. The molecule has 16 heavy (non-hydrogen) atoms. The number of nitrogens with one attached hydrogen (secondary N) is 1. The van der Waals surface area contributed by atoms with Crippen molar-refractivity contribution in [1.82, 2.24) is 5.32 Å². The third-order valence-corrected chi connectivity index (χ3v) is 4.31. The summed E-state index contributed by atoms with van der Waals surface area (Å²) in [4.78, 5) is 11.5. The number of hydrogen-bond donors (Lipinski definition) is 1. The van der Waals surface area contributed by atoms with Crippen LogP contribution < -0.4 is 5.32 Å². The molecule has 1 rings (SSSR count). The van der Waals surface area contributed by atoms with Crippen LogP contribution in [0.1, 0.15) is 26.7 Å². The Labute approximate surface area is 99.6 Å². The number of hydrogen-bond acceptors (Lipinski definition) is 4. The first kappa shape index (κ1) is 13.6. The number of esters is 1. The fourth-order valence-electron chi connectivity index (χ4n) is 1.87. The van der Waals surface area contributed by atoms with Crippen LogP contribution in [0.5, 0.6) is 0 Å². The van der Waals surface area contributed by atoms with Gasteiger partial charge in [-0.15, -0.1) is 0 Å². The maximum Gasteiger partial charge on any atom is 0.323 e. The fourth-order valence-corrected chi connectivity index (χ4v) is 3.17. The average Bonchev–Trinajstić information content (AvgIpc) is 2.27. The molecule has 0 aromatic rings. The van der Waals surface area contributed by atoms with Crippen LogP contribution in [0.25, 0.3) is 0 Å². The van der Waals surface area contributed by atoms with E-state index in [0.717, 1.165) is 24.3 Å². The highest BCUT2D eigenvalue weighted by Gasteiger charge is 2.27. The second-order valence-corrected chi connectivity index (χ2v) is 6.23. The number of ether oxygens (including phenoxy) is 1. The summed E-state index contributed by atoms with van der Waals surface area (Å²) < 4.78 is 16.0. The van der Waals surface area contributed by atoms with Gasteiger partial charge in [-0.05, 0) is 18.8 Å². The molecule has 1 aliphatic rings. The Balaban J connectivity index is 2.48. The van der Waals surface area contributed by atoms with Gasteiger partial charge in [0.1, 0.15) is 6.04 Å². The number of rotatable bonds is 4. The standard InChI is InChI=1S/C11H21NO3S/c1-8(2)10(11(13)15-3)12-9-4-6-16(14)7-5-9/h8-10,12H,4-7H2,1-3H3/t9?,10-,16?/m0/s1. The maximum absolute atomic E-state index is 11.5. The summed E-state index contributed by atoms with van der Waals surface area (Å²) in [5.74, 6) is 1.48. The zero-order valence-electron chi connectivity index (χ0n) is 10.2. The van der Waals surface area contributed by atoms with Gasteiger partial charge in [0.05, 0.1) is 7.11 Å². The summed E-state index contributed by atoms with van der Waals surface area (Å²) in [5, 5.41) is 3.32. The van der Waals surface area contributed by atoms with Crippen molar-refractivity contribution in [2.45, 2.75) is 38.8 Å². The third kappa shape index (κ3) is 3.87. The van der Waals surface area contributed by atoms with E-state index >= 15 is 0 Å². The summed E-state index contributed by atoms with van der Waals surface area (Å²) in [6, 6.07) is 0.0470. The second-order valence-electron chi connectivity index (χ2n) is 4.53. The normalized spacial score (nSPS) is 27.8. The smallest absolute Gasteiger partial charge is 0.323 e. The molecule has 0 aliphatic carbocycles. The molecule has 0 radical (unpaired) electrons. The third-order valence-electron chi connectivity index (χ3n) is 2.93. The van der Waals surface area contributed by atoms with E-state index in [2.05, 4.69) is 5.32 Å². The highest BCUT2D eigenvalue weighted by atomic mass is 32.2. The van der Waals surface area contributed by atoms with E-state index in [0.29, 0.717) is 6.04 Å². The fraction of sp³-hybridized carbons (Fsp3) is 0.909. The summed E-state index contributed by atoms with van der Waals surface area (Å²) in [6.45, 7) is 3.99. The molecule has 0 unspecified atom stereocenters. The van der Waals surface area contributed by atoms with Crippen molar-refractivity contribution >= 4 is 16.8 Å². The van der Waals surface area contributed by atoms with E-state index in [9.17, 15) is 9.00 Å².